The van der Waals surface area contributed by atoms with Gasteiger partial charge in [-0.1, -0.05) is 24.1 Å². The van der Waals surface area contributed by atoms with Crippen LogP contribution in [0, 0.1) is 13.8 Å². The van der Waals surface area contributed by atoms with Gasteiger partial charge < -0.3 is 5.11 Å². The van der Waals surface area contributed by atoms with Crippen molar-refractivity contribution in [1.82, 2.24) is 20.2 Å². The molecular weight excluding hydrogens is 256 g/mol. The van der Waals surface area contributed by atoms with Crippen molar-refractivity contribution in [2.45, 2.75) is 39.7 Å². The summed E-state index contributed by atoms with van der Waals surface area (Å²) in [5, 5.41) is 20.7. The second kappa shape index (κ2) is 5.81. The summed E-state index contributed by atoms with van der Waals surface area (Å²) in [6, 6.07) is 5.84. The summed E-state index contributed by atoms with van der Waals surface area (Å²) >= 11 is 0. The van der Waals surface area contributed by atoms with E-state index < -0.39 is 5.97 Å². The number of carboxylic acids is 1. The quantitative estimate of drug-likeness (QED) is 0.905. The summed E-state index contributed by atoms with van der Waals surface area (Å²) in [5.74, 6) is -0.233. The third kappa shape index (κ3) is 3.01. The lowest BCUT2D eigenvalue weighted by molar-refractivity contribution is -0.138. The minimum absolute atomic E-state index is 0.0132. The number of aryl methyl sites for hydroxylation is 2. The summed E-state index contributed by atoms with van der Waals surface area (Å²) in [6.07, 6.45) is 0.675. The van der Waals surface area contributed by atoms with Crippen molar-refractivity contribution in [2.75, 3.05) is 0 Å². The molecule has 0 amide bonds. The summed E-state index contributed by atoms with van der Waals surface area (Å²) in [4.78, 5) is 10.9. The highest BCUT2D eigenvalue weighted by molar-refractivity contribution is 5.67. The van der Waals surface area contributed by atoms with Crippen molar-refractivity contribution in [3.05, 3.63) is 29.3 Å². The lowest BCUT2D eigenvalue weighted by Crippen LogP contribution is -2.15. The molecule has 0 spiro atoms. The van der Waals surface area contributed by atoms with Gasteiger partial charge in [0.05, 0.1) is 12.5 Å². The van der Waals surface area contributed by atoms with Crippen LogP contribution in [-0.2, 0) is 4.79 Å². The largest absolute Gasteiger partial charge is 0.481 e. The van der Waals surface area contributed by atoms with Gasteiger partial charge in [-0.25, -0.2) is 4.68 Å². The number of carboxylic acid groups (broad SMARTS) is 1. The van der Waals surface area contributed by atoms with Crippen molar-refractivity contribution < 1.29 is 9.90 Å². The first-order chi connectivity index (χ1) is 9.51. The number of benzene rings is 1. The summed E-state index contributed by atoms with van der Waals surface area (Å²) in [7, 11) is 0. The Morgan fingerprint density at radius 3 is 2.50 bits per heavy atom. The molecule has 0 fully saturated rings. The average molecular weight is 274 g/mol. The van der Waals surface area contributed by atoms with Crippen LogP contribution in [0.4, 0.5) is 0 Å². The minimum Gasteiger partial charge on any atom is -0.481 e. The van der Waals surface area contributed by atoms with E-state index in [4.69, 9.17) is 5.11 Å². The van der Waals surface area contributed by atoms with E-state index in [1.807, 2.05) is 32.9 Å². The molecule has 0 aliphatic rings. The molecule has 1 aromatic carbocycles. The molecule has 106 valence electrons. The van der Waals surface area contributed by atoms with Crippen LogP contribution >= 0.6 is 0 Å². The van der Waals surface area contributed by atoms with Gasteiger partial charge in [0.1, 0.15) is 0 Å². The van der Waals surface area contributed by atoms with Gasteiger partial charge in [0.25, 0.3) is 0 Å². The Balaban J connectivity index is 2.43. The van der Waals surface area contributed by atoms with Gasteiger partial charge in [-0.05, 0) is 42.8 Å². The molecule has 0 saturated heterocycles. The second-order valence-electron chi connectivity index (χ2n) is 4.98. The van der Waals surface area contributed by atoms with E-state index in [9.17, 15) is 4.79 Å². The zero-order valence-corrected chi connectivity index (χ0v) is 11.9. The molecule has 1 N–H and O–H groups in total. The summed E-state index contributed by atoms with van der Waals surface area (Å²) in [5.41, 5.74) is 3.16. The zero-order chi connectivity index (χ0) is 14.7. The Morgan fingerprint density at radius 1 is 1.30 bits per heavy atom. The van der Waals surface area contributed by atoms with E-state index in [0.29, 0.717) is 12.2 Å². The lowest BCUT2D eigenvalue weighted by atomic mass is 10.1. The highest BCUT2D eigenvalue weighted by atomic mass is 16.4. The average Bonchev–Trinajstić information content (AvgIpc) is 2.83. The van der Waals surface area contributed by atoms with Crippen LogP contribution in [-0.4, -0.2) is 31.3 Å². The van der Waals surface area contributed by atoms with Gasteiger partial charge in [-0.2, -0.15) is 0 Å². The van der Waals surface area contributed by atoms with Crippen molar-refractivity contribution in [1.29, 1.82) is 0 Å². The first-order valence-electron chi connectivity index (χ1n) is 6.59. The van der Waals surface area contributed by atoms with Crippen LogP contribution in [0.5, 0.6) is 0 Å². The van der Waals surface area contributed by atoms with Gasteiger partial charge >= 0.3 is 5.97 Å². The number of rotatable bonds is 5. The molecule has 20 heavy (non-hydrogen) atoms. The van der Waals surface area contributed by atoms with Crippen LogP contribution in [0.2, 0.25) is 0 Å². The van der Waals surface area contributed by atoms with E-state index in [0.717, 1.165) is 16.7 Å². The Kier molecular flexibility index (Phi) is 4.12. The molecule has 0 aliphatic carbocycles. The standard InChI is InChI=1S/C14H18N4O2/c1-4-12(8-13(19)20)18-14(15-16-17-18)11-6-9(2)5-10(3)7-11/h5-7,12H,4,8H2,1-3H3,(H,19,20). The monoisotopic (exact) mass is 274 g/mol. The van der Waals surface area contributed by atoms with Gasteiger partial charge in [0.15, 0.2) is 5.82 Å². The number of hydrogen-bond acceptors (Lipinski definition) is 4. The predicted molar refractivity (Wildman–Crippen MR) is 74.3 cm³/mol. The van der Waals surface area contributed by atoms with Crippen LogP contribution in [0.15, 0.2) is 18.2 Å². The maximum Gasteiger partial charge on any atom is 0.305 e. The van der Waals surface area contributed by atoms with Crippen molar-refractivity contribution >= 4 is 5.97 Å². The van der Waals surface area contributed by atoms with Gasteiger partial charge in [-0.15, -0.1) is 5.10 Å². The molecular formula is C14H18N4O2. The van der Waals surface area contributed by atoms with Crippen LogP contribution in [0.25, 0.3) is 11.4 Å². The second-order valence-corrected chi connectivity index (χ2v) is 4.98. The highest BCUT2D eigenvalue weighted by Gasteiger charge is 2.19. The maximum absolute atomic E-state index is 10.9. The first-order valence-corrected chi connectivity index (χ1v) is 6.59. The van der Waals surface area contributed by atoms with Crippen LogP contribution < -0.4 is 0 Å². The van der Waals surface area contributed by atoms with Crippen molar-refractivity contribution in [2.24, 2.45) is 0 Å². The fourth-order valence-corrected chi connectivity index (χ4v) is 2.34. The van der Waals surface area contributed by atoms with Crippen LogP contribution in [0.3, 0.4) is 0 Å². The Labute approximate surface area is 117 Å². The number of aliphatic carboxylic acids is 1. The number of hydrogen-bond donors (Lipinski definition) is 1. The topological polar surface area (TPSA) is 80.9 Å². The molecule has 2 aromatic rings. The van der Waals surface area contributed by atoms with E-state index in [1.54, 1.807) is 4.68 Å². The fraction of sp³-hybridized carbons (Fsp3) is 0.429. The molecule has 1 unspecified atom stereocenters. The Bertz CT molecular complexity index is 601. The van der Waals surface area contributed by atoms with E-state index in [1.165, 1.54) is 0 Å². The van der Waals surface area contributed by atoms with Crippen molar-refractivity contribution in [3.8, 4) is 11.4 Å². The lowest BCUT2D eigenvalue weighted by Gasteiger charge is -2.14. The smallest absolute Gasteiger partial charge is 0.305 e. The SMILES string of the molecule is CCC(CC(=O)O)n1nnnc1-c1cc(C)cc(C)c1. The molecule has 0 aliphatic heterocycles. The molecule has 0 radical (unpaired) electrons. The predicted octanol–water partition coefficient (Wildman–Crippen LogP) is 2.38. The Hall–Kier alpha value is -2.24. The Morgan fingerprint density at radius 2 is 1.95 bits per heavy atom. The van der Waals surface area contributed by atoms with Crippen LogP contribution in [0.1, 0.15) is 36.9 Å². The minimum atomic E-state index is -0.848. The van der Waals surface area contributed by atoms with E-state index >= 15 is 0 Å². The van der Waals surface area contributed by atoms with E-state index in [2.05, 4.69) is 21.6 Å². The molecule has 1 heterocycles. The van der Waals surface area contributed by atoms with Gasteiger partial charge in [-0.3, -0.25) is 4.79 Å². The zero-order valence-electron chi connectivity index (χ0n) is 11.9. The highest BCUT2D eigenvalue weighted by Crippen LogP contribution is 2.24. The fourth-order valence-electron chi connectivity index (χ4n) is 2.34. The molecule has 0 saturated carbocycles. The third-order valence-electron chi connectivity index (χ3n) is 3.20. The first kappa shape index (κ1) is 14.2. The molecule has 1 aromatic heterocycles. The molecule has 1 atom stereocenters. The van der Waals surface area contributed by atoms with Crippen molar-refractivity contribution in [3.63, 3.8) is 0 Å². The molecule has 2 rings (SSSR count). The third-order valence-corrected chi connectivity index (χ3v) is 3.20. The normalized spacial score (nSPS) is 12.3. The molecule has 0 bridgehead atoms. The summed E-state index contributed by atoms with van der Waals surface area (Å²) in [6.45, 7) is 5.96. The molecule has 6 nitrogen and oxygen atoms in total. The number of aromatic nitrogens is 4. The van der Waals surface area contributed by atoms with Gasteiger partial charge in [0, 0.05) is 5.56 Å². The number of carbonyl (C=O) groups is 1. The number of nitrogens with zero attached hydrogens (tertiary/aromatic N) is 4. The molecule has 6 heteroatoms. The van der Waals surface area contributed by atoms with Gasteiger partial charge in [0.2, 0.25) is 0 Å². The summed E-state index contributed by atoms with van der Waals surface area (Å²) < 4.78 is 1.61. The maximum atomic E-state index is 10.9. The van der Waals surface area contributed by atoms with E-state index in [-0.39, 0.29) is 12.5 Å². The number of tetrazole rings is 1.